The molecule has 0 aliphatic rings. The van der Waals surface area contributed by atoms with Crippen molar-refractivity contribution in [2.24, 2.45) is 13.0 Å². The fourth-order valence-corrected chi connectivity index (χ4v) is 1.43. The zero-order valence-electron chi connectivity index (χ0n) is 8.24. The van der Waals surface area contributed by atoms with Crippen molar-refractivity contribution in [1.82, 2.24) is 4.57 Å². The minimum Gasteiger partial charge on any atom is -0.477 e. The largest absolute Gasteiger partial charge is 0.477 e. The van der Waals surface area contributed by atoms with E-state index in [-0.39, 0.29) is 0 Å². The van der Waals surface area contributed by atoms with E-state index in [0.29, 0.717) is 11.6 Å². The maximum absolute atomic E-state index is 10.7. The molecule has 0 fully saturated rings. The lowest BCUT2D eigenvalue weighted by Crippen LogP contribution is -2.02. The van der Waals surface area contributed by atoms with Gasteiger partial charge in [-0.05, 0) is 24.0 Å². The van der Waals surface area contributed by atoms with Crippen molar-refractivity contribution < 1.29 is 9.90 Å². The van der Waals surface area contributed by atoms with Gasteiger partial charge in [0, 0.05) is 13.2 Å². The van der Waals surface area contributed by atoms with Crippen molar-refractivity contribution in [3.05, 3.63) is 23.5 Å². The SMILES string of the molecule is CC(C)Cc1cc(C(=O)O)n(C)c1. The van der Waals surface area contributed by atoms with Gasteiger partial charge in [-0.1, -0.05) is 13.8 Å². The van der Waals surface area contributed by atoms with Gasteiger partial charge in [-0.3, -0.25) is 0 Å². The second-order valence-corrected chi connectivity index (χ2v) is 3.75. The molecule has 0 bridgehead atoms. The predicted octanol–water partition coefficient (Wildman–Crippen LogP) is 1.92. The van der Waals surface area contributed by atoms with Crippen molar-refractivity contribution in [1.29, 1.82) is 0 Å². The highest BCUT2D eigenvalue weighted by Crippen LogP contribution is 2.11. The van der Waals surface area contributed by atoms with E-state index in [9.17, 15) is 4.79 Å². The van der Waals surface area contributed by atoms with Crippen molar-refractivity contribution in [2.45, 2.75) is 20.3 Å². The summed E-state index contributed by atoms with van der Waals surface area (Å²) in [4.78, 5) is 10.7. The fourth-order valence-electron chi connectivity index (χ4n) is 1.43. The molecule has 0 atom stereocenters. The van der Waals surface area contributed by atoms with Crippen molar-refractivity contribution in [3.8, 4) is 0 Å². The molecule has 1 aromatic heterocycles. The van der Waals surface area contributed by atoms with Gasteiger partial charge in [-0.2, -0.15) is 0 Å². The Morgan fingerprint density at radius 1 is 1.62 bits per heavy atom. The first-order chi connectivity index (χ1) is 6.00. The third-order valence-electron chi connectivity index (χ3n) is 1.92. The van der Waals surface area contributed by atoms with Gasteiger partial charge in [0.25, 0.3) is 0 Å². The van der Waals surface area contributed by atoms with Crippen molar-refractivity contribution in [3.63, 3.8) is 0 Å². The summed E-state index contributed by atoms with van der Waals surface area (Å²) in [7, 11) is 1.76. The number of rotatable bonds is 3. The molecular weight excluding hydrogens is 166 g/mol. The van der Waals surface area contributed by atoms with E-state index in [1.807, 2.05) is 6.20 Å². The highest BCUT2D eigenvalue weighted by Gasteiger charge is 2.10. The van der Waals surface area contributed by atoms with E-state index >= 15 is 0 Å². The zero-order valence-corrected chi connectivity index (χ0v) is 8.24. The molecule has 1 heterocycles. The molecular formula is C10H15NO2. The van der Waals surface area contributed by atoms with Gasteiger partial charge in [0.05, 0.1) is 0 Å². The molecule has 3 heteroatoms. The summed E-state index contributed by atoms with van der Waals surface area (Å²) in [5, 5.41) is 8.79. The second kappa shape index (κ2) is 3.64. The summed E-state index contributed by atoms with van der Waals surface area (Å²) in [6.07, 6.45) is 2.81. The van der Waals surface area contributed by atoms with Gasteiger partial charge in [0.1, 0.15) is 5.69 Å². The van der Waals surface area contributed by atoms with Gasteiger partial charge in [-0.15, -0.1) is 0 Å². The first-order valence-electron chi connectivity index (χ1n) is 4.39. The minimum atomic E-state index is -0.863. The summed E-state index contributed by atoms with van der Waals surface area (Å²) in [6.45, 7) is 4.24. The molecule has 3 nitrogen and oxygen atoms in total. The number of nitrogens with zero attached hydrogens (tertiary/aromatic N) is 1. The molecule has 1 rings (SSSR count). The summed E-state index contributed by atoms with van der Waals surface area (Å²) in [5.74, 6) is -0.304. The summed E-state index contributed by atoms with van der Waals surface area (Å²) < 4.78 is 1.65. The predicted molar refractivity (Wildman–Crippen MR) is 50.9 cm³/mol. The topological polar surface area (TPSA) is 42.2 Å². The average Bonchev–Trinajstić information content (AvgIpc) is 2.29. The minimum absolute atomic E-state index is 0.357. The number of carboxylic acids is 1. The van der Waals surface area contributed by atoms with Crippen LogP contribution in [0.2, 0.25) is 0 Å². The normalized spacial score (nSPS) is 10.8. The molecule has 0 aromatic carbocycles. The number of hydrogen-bond donors (Lipinski definition) is 1. The van der Waals surface area contributed by atoms with E-state index in [2.05, 4.69) is 13.8 Å². The number of aryl methyl sites for hydroxylation is 1. The Morgan fingerprint density at radius 2 is 2.23 bits per heavy atom. The second-order valence-electron chi connectivity index (χ2n) is 3.75. The molecule has 0 saturated heterocycles. The Labute approximate surface area is 78.0 Å². The van der Waals surface area contributed by atoms with Gasteiger partial charge in [0.2, 0.25) is 0 Å². The van der Waals surface area contributed by atoms with Crippen LogP contribution >= 0.6 is 0 Å². The number of aromatic nitrogens is 1. The van der Waals surface area contributed by atoms with Crippen LogP contribution in [0.3, 0.4) is 0 Å². The smallest absolute Gasteiger partial charge is 0.352 e. The molecule has 0 saturated carbocycles. The first kappa shape index (κ1) is 9.84. The van der Waals surface area contributed by atoms with Crippen LogP contribution in [0.25, 0.3) is 0 Å². The van der Waals surface area contributed by atoms with Crippen LogP contribution in [0, 0.1) is 5.92 Å². The van der Waals surface area contributed by atoms with Crippen LogP contribution in [0.1, 0.15) is 29.9 Å². The fraction of sp³-hybridized carbons (Fsp3) is 0.500. The molecule has 1 N–H and O–H groups in total. The van der Waals surface area contributed by atoms with Crippen LogP contribution in [0.15, 0.2) is 12.3 Å². The highest BCUT2D eigenvalue weighted by atomic mass is 16.4. The highest BCUT2D eigenvalue weighted by molar-refractivity contribution is 5.86. The first-order valence-corrected chi connectivity index (χ1v) is 4.39. The van der Waals surface area contributed by atoms with Gasteiger partial charge in [0.15, 0.2) is 0 Å². The number of carboxylic acid groups (broad SMARTS) is 1. The van der Waals surface area contributed by atoms with Crippen molar-refractivity contribution in [2.75, 3.05) is 0 Å². The lowest BCUT2D eigenvalue weighted by Gasteiger charge is -1.99. The molecule has 0 radical (unpaired) electrons. The monoisotopic (exact) mass is 181 g/mol. The Hall–Kier alpha value is -1.25. The van der Waals surface area contributed by atoms with Crippen LogP contribution in [0.4, 0.5) is 0 Å². The van der Waals surface area contributed by atoms with Crippen LogP contribution in [0.5, 0.6) is 0 Å². The average molecular weight is 181 g/mol. The van der Waals surface area contributed by atoms with Gasteiger partial charge >= 0.3 is 5.97 Å². The van der Waals surface area contributed by atoms with Gasteiger partial charge in [-0.25, -0.2) is 4.79 Å². The molecule has 13 heavy (non-hydrogen) atoms. The lowest BCUT2D eigenvalue weighted by molar-refractivity contribution is 0.0686. The van der Waals surface area contributed by atoms with Crippen LogP contribution in [-0.2, 0) is 13.5 Å². The molecule has 1 aromatic rings. The van der Waals surface area contributed by atoms with E-state index in [0.717, 1.165) is 12.0 Å². The summed E-state index contributed by atoms with van der Waals surface area (Å²) in [5.41, 5.74) is 1.45. The van der Waals surface area contributed by atoms with E-state index < -0.39 is 5.97 Å². The maximum Gasteiger partial charge on any atom is 0.352 e. The summed E-state index contributed by atoms with van der Waals surface area (Å²) >= 11 is 0. The third kappa shape index (κ3) is 2.34. The third-order valence-corrected chi connectivity index (χ3v) is 1.92. The molecule has 0 aliphatic carbocycles. The quantitative estimate of drug-likeness (QED) is 0.774. The Bertz CT molecular complexity index is 313. The van der Waals surface area contributed by atoms with E-state index in [1.54, 1.807) is 17.7 Å². The zero-order chi connectivity index (χ0) is 10.0. The van der Waals surface area contributed by atoms with E-state index in [1.165, 1.54) is 0 Å². The Kier molecular flexibility index (Phi) is 2.76. The molecule has 72 valence electrons. The molecule has 0 aliphatic heterocycles. The molecule has 0 unspecified atom stereocenters. The Morgan fingerprint density at radius 3 is 2.62 bits per heavy atom. The molecule has 0 amide bonds. The number of aromatic carboxylic acids is 1. The number of hydrogen-bond acceptors (Lipinski definition) is 1. The number of carbonyl (C=O) groups is 1. The van der Waals surface area contributed by atoms with E-state index in [4.69, 9.17) is 5.11 Å². The maximum atomic E-state index is 10.7. The lowest BCUT2D eigenvalue weighted by atomic mass is 10.1. The van der Waals surface area contributed by atoms with Crippen LogP contribution in [-0.4, -0.2) is 15.6 Å². The molecule has 0 spiro atoms. The standard InChI is InChI=1S/C10H15NO2/c1-7(2)4-8-5-9(10(12)13)11(3)6-8/h5-7H,4H2,1-3H3,(H,12,13). The van der Waals surface area contributed by atoms with Gasteiger partial charge < -0.3 is 9.67 Å². The summed E-state index contributed by atoms with van der Waals surface area (Å²) in [6, 6.07) is 1.74. The van der Waals surface area contributed by atoms with Crippen molar-refractivity contribution >= 4 is 5.97 Å². The Balaban J connectivity index is 2.89. The van der Waals surface area contributed by atoms with Crippen LogP contribution < -0.4 is 0 Å².